The molecule has 9 atom stereocenters. The number of aromatic amines is 1. The predicted octanol–water partition coefficient (Wildman–Crippen LogP) is -3.50. The van der Waals surface area contributed by atoms with Gasteiger partial charge in [-0.25, -0.2) is 24.5 Å². The van der Waals surface area contributed by atoms with Crippen molar-refractivity contribution in [3.8, 4) is 12.3 Å². The van der Waals surface area contributed by atoms with Crippen LogP contribution in [0, 0.1) is 12.3 Å². The van der Waals surface area contributed by atoms with Crippen molar-refractivity contribution in [1.82, 2.24) is 39.0 Å². The Morgan fingerprint density at radius 2 is 1.80 bits per heavy atom. The zero-order valence-electron chi connectivity index (χ0n) is 22.2. The summed E-state index contributed by atoms with van der Waals surface area (Å²) >= 11 is 0. The molecule has 4 aromatic rings. The summed E-state index contributed by atoms with van der Waals surface area (Å²) in [6.07, 6.45) is -2.01. The van der Waals surface area contributed by atoms with Crippen molar-refractivity contribution in [3.05, 3.63) is 29.3 Å². The van der Waals surface area contributed by atoms with Gasteiger partial charge in [0, 0.05) is 0 Å². The zero-order chi connectivity index (χ0) is 31.6. The summed E-state index contributed by atoms with van der Waals surface area (Å²) in [5.41, 5.74) is 8.60. The van der Waals surface area contributed by atoms with Gasteiger partial charge >= 0.3 is 7.82 Å². The molecule has 2 fully saturated rings. The highest BCUT2D eigenvalue weighted by molar-refractivity contribution is 7.47. The van der Waals surface area contributed by atoms with Gasteiger partial charge in [-0.05, 0) is 0 Å². The fourth-order valence-electron chi connectivity index (χ4n) is 5.04. The quantitative estimate of drug-likeness (QED) is 0.0687. The molecule has 2 aliphatic heterocycles. The molecule has 0 aliphatic carbocycles. The Labute approximate surface area is 244 Å². The highest BCUT2D eigenvalue weighted by Crippen LogP contribution is 2.51. The minimum atomic E-state index is -5.21. The summed E-state index contributed by atoms with van der Waals surface area (Å²) in [5, 5.41) is 42.1. The molecule has 0 amide bonds. The van der Waals surface area contributed by atoms with Crippen LogP contribution in [0.25, 0.3) is 22.3 Å². The maximum atomic E-state index is 13.2. The van der Waals surface area contributed by atoms with Crippen LogP contribution in [-0.2, 0) is 23.1 Å². The van der Waals surface area contributed by atoms with Gasteiger partial charge in [0.15, 0.2) is 40.7 Å². The van der Waals surface area contributed by atoms with E-state index < -0.39 is 75.2 Å². The van der Waals surface area contributed by atoms with Gasteiger partial charge in [0.25, 0.3) is 5.56 Å². The first-order chi connectivity index (χ1) is 20.9. The summed E-state index contributed by atoms with van der Waals surface area (Å²) in [7, 11) is -5.21. The van der Waals surface area contributed by atoms with E-state index in [1.165, 1.54) is 10.9 Å². The molecule has 0 bridgehead atoms. The molecule has 6 heterocycles. The van der Waals surface area contributed by atoms with Crippen LogP contribution >= 0.6 is 7.82 Å². The van der Waals surface area contributed by atoms with Crippen molar-refractivity contribution in [2.24, 2.45) is 0 Å². The van der Waals surface area contributed by atoms with Crippen molar-refractivity contribution in [3.63, 3.8) is 0 Å². The van der Waals surface area contributed by atoms with E-state index in [4.69, 9.17) is 36.4 Å². The van der Waals surface area contributed by atoms with Crippen LogP contribution in [0.2, 0.25) is 0 Å². The lowest BCUT2D eigenvalue weighted by Gasteiger charge is -2.28. The van der Waals surface area contributed by atoms with Crippen molar-refractivity contribution in [1.29, 1.82) is 0 Å². The van der Waals surface area contributed by atoms with Crippen LogP contribution in [0.15, 0.2) is 23.8 Å². The number of nitrogens with two attached hydrogens (primary N) is 2. The summed E-state index contributed by atoms with van der Waals surface area (Å²) in [6, 6.07) is 0. The van der Waals surface area contributed by atoms with Gasteiger partial charge in [0.2, 0.25) is 5.95 Å². The number of ether oxygens (including phenoxy) is 2. The van der Waals surface area contributed by atoms with Crippen LogP contribution in [0.3, 0.4) is 0 Å². The van der Waals surface area contributed by atoms with Crippen LogP contribution in [0.5, 0.6) is 0 Å². The van der Waals surface area contributed by atoms with Gasteiger partial charge < -0.3 is 46.3 Å². The molecule has 2 saturated heterocycles. The summed E-state index contributed by atoms with van der Waals surface area (Å²) in [4.78, 5) is 45.0. The third kappa shape index (κ3) is 4.79. The highest BCUT2D eigenvalue weighted by Gasteiger charge is 2.56. The molecule has 2 aliphatic rings. The molecule has 10 N–H and O–H groups in total. The van der Waals surface area contributed by atoms with Gasteiger partial charge in [-0.3, -0.25) is 28.0 Å². The standard InChI is InChI=1S/C22H25N10O11P/c1-2-22(14(36)12(35)19(42-22)31-6-27-9-15(23)25-5-26-16(9)31)4-40-44(38,39)43-13-11(34)8(3-33)41-20(13)32-7-28-10-17(32)29-21(24)30-18(10)37/h1,5-8,11-14,19-20,33-36H,3-4H2,(H,38,39)(H2,23,25,26)(H3,24,29,30,37)/t8-,11+,12+,13+,14-,19-,20-,22-/m1/s1. The fraction of sp³-hybridized carbons (Fsp3) is 0.455. The van der Waals surface area contributed by atoms with Gasteiger partial charge in [0.1, 0.15) is 49.0 Å². The number of nitrogens with zero attached hydrogens (tertiary/aromatic N) is 7. The third-order valence-electron chi connectivity index (χ3n) is 7.24. The van der Waals surface area contributed by atoms with E-state index in [9.17, 15) is 34.7 Å². The lowest BCUT2D eigenvalue weighted by Crippen LogP contribution is -2.45. The van der Waals surface area contributed by atoms with E-state index in [0.717, 1.165) is 17.2 Å². The number of aliphatic hydroxyl groups excluding tert-OH is 4. The Kier molecular flexibility index (Phi) is 7.38. The number of nitrogens with one attached hydrogen (secondary N) is 1. The second kappa shape index (κ2) is 10.8. The Hall–Kier alpha value is -4.07. The second-order valence-electron chi connectivity index (χ2n) is 9.89. The summed E-state index contributed by atoms with van der Waals surface area (Å²) in [6.45, 7) is -1.72. The van der Waals surface area contributed by atoms with Crippen molar-refractivity contribution in [2.45, 2.75) is 48.6 Å². The molecule has 4 aromatic heterocycles. The number of fused-ring (bicyclic) bond motifs is 2. The minimum absolute atomic E-state index is 0.0428. The number of nitrogen functional groups attached to an aromatic ring is 2. The average Bonchev–Trinajstić information content (AvgIpc) is 3.73. The van der Waals surface area contributed by atoms with Crippen molar-refractivity contribution < 1.29 is 48.4 Å². The maximum absolute atomic E-state index is 13.2. The van der Waals surface area contributed by atoms with E-state index in [1.54, 1.807) is 0 Å². The summed E-state index contributed by atoms with van der Waals surface area (Å²) < 4.78 is 37.3. The molecule has 22 heteroatoms. The number of rotatable bonds is 8. The van der Waals surface area contributed by atoms with Crippen LogP contribution in [-0.4, -0.2) is 114 Å². The number of hydrogen-bond donors (Lipinski definition) is 8. The van der Waals surface area contributed by atoms with Crippen LogP contribution in [0.1, 0.15) is 12.5 Å². The molecule has 0 spiro atoms. The molecular formula is C22H25N10O11P. The first kappa shape index (κ1) is 30.0. The first-order valence-corrected chi connectivity index (χ1v) is 14.2. The van der Waals surface area contributed by atoms with E-state index in [0.29, 0.717) is 0 Å². The van der Waals surface area contributed by atoms with Crippen molar-refractivity contribution in [2.75, 3.05) is 24.7 Å². The number of aromatic nitrogens is 8. The number of aliphatic hydroxyl groups is 4. The molecule has 0 saturated carbocycles. The normalized spacial score (nSPS) is 31.9. The SMILES string of the molecule is C#C[C@]1(COP(=O)(O)O[C@H]2[C@@H](O)[C@@H](CO)O[C@H]2n2cnc3c(=O)[nH]c(N)nc32)O[C@@H](n2cnc3c(N)ncnc32)[C@@H](O)[C@H]1O. The summed E-state index contributed by atoms with van der Waals surface area (Å²) in [5.74, 6) is 1.92. The van der Waals surface area contributed by atoms with E-state index in [1.807, 2.05) is 0 Å². The Morgan fingerprint density at radius 1 is 1.09 bits per heavy atom. The fourth-order valence-corrected chi connectivity index (χ4v) is 5.99. The average molecular weight is 636 g/mol. The van der Waals surface area contributed by atoms with Gasteiger partial charge in [-0.1, -0.05) is 5.92 Å². The smallest absolute Gasteiger partial charge is 0.394 e. The van der Waals surface area contributed by atoms with Gasteiger partial charge in [0.05, 0.1) is 19.3 Å². The molecule has 21 nitrogen and oxygen atoms in total. The van der Waals surface area contributed by atoms with E-state index in [2.05, 4.69) is 35.8 Å². The van der Waals surface area contributed by atoms with E-state index >= 15 is 0 Å². The lowest BCUT2D eigenvalue weighted by molar-refractivity contribution is -0.0943. The van der Waals surface area contributed by atoms with Crippen LogP contribution < -0.4 is 17.0 Å². The third-order valence-corrected chi connectivity index (χ3v) is 8.21. The molecular weight excluding hydrogens is 611 g/mol. The molecule has 0 radical (unpaired) electrons. The number of phosphoric ester groups is 1. The Morgan fingerprint density at radius 3 is 2.50 bits per heavy atom. The topological polar surface area (TPSA) is 314 Å². The number of terminal acetylenes is 1. The lowest BCUT2D eigenvalue weighted by atomic mass is 9.97. The molecule has 6 rings (SSSR count). The van der Waals surface area contributed by atoms with Crippen LogP contribution in [0.4, 0.5) is 11.8 Å². The number of hydrogen-bond acceptors (Lipinski definition) is 17. The Balaban J connectivity index is 1.24. The monoisotopic (exact) mass is 636 g/mol. The Bertz CT molecular complexity index is 1870. The minimum Gasteiger partial charge on any atom is -0.394 e. The largest absolute Gasteiger partial charge is 0.472 e. The van der Waals surface area contributed by atoms with Gasteiger partial charge in [-0.2, -0.15) is 4.98 Å². The maximum Gasteiger partial charge on any atom is 0.472 e. The number of H-pyrrole nitrogens is 1. The van der Waals surface area contributed by atoms with Gasteiger partial charge in [-0.15, -0.1) is 6.42 Å². The first-order valence-electron chi connectivity index (χ1n) is 12.7. The number of imidazole rings is 2. The predicted molar refractivity (Wildman–Crippen MR) is 144 cm³/mol. The number of anilines is 2. The van der Waals surface area contributed by atoms with Crippen molar-refractivity contribution >= 4 is 41.9 Å². The second-order valence-corrected chi connectivity index (χ2v) is 11.3. The highest BCUT2D eigenvalue weighted by atomic mass is 31.2. The molecule has 234 valence electrons. The molecule has 0 aromatic carbocycles. The molecule has 44 heavy (non-hydrogen) atoms. The zero-order valence-corrected chi connectivity index (χ0v) is 23.1. The molecule has 1 unspecified atom stereocenters. The number of phosphoric acid groups is 1. The van der Waals surface area contributed by atoms with E-state index in [-0.39, 0.29) is 34.1 Å².